The third-order valence-electron chi connectivity index (χ3n) is 7.10. The number of aromatic nitrogens is 3. The highest BCUT2D eigenvalue weighted by Gasteiger charge is 2.31. The minimum atomic E-state index is -0.125. The van der Waals surface area contributed by atoms with Crippen molar-refractivity contribution in [3.63, 3.8) is 0 Å². The number of fused-ring (bicyclic) bond motifs is 2. The predicted octanol–water partition coefficient (Wildman–Crippen LogP) is 4.87. The molecule has 0 spiro atoms. The Morgan fingerprint density at radius 3 is 2.85 bits per heavy atom. The Morgan fingerprint density at radius 2 is 2.09 bits per heavy atom. The lowest BCUT2D eigenvalue weighted by molar-refractivity contribution is -0.124. The van der Waals surface area contributed by atoms with Crippen LogP contribution in [0.2, 0.25) is 0 Å². The van der Waals surface area contributed by atoms with Crippen molar-refractivity contribution >= 4 is 45.4 Å². The average Bonchev–Trinajstić information content (AvgIpc) is 3.41. The van der Waals surface area contributed by atoms with Crippen LogP contribution in [0.25, 0.3) is 22.3 Å². The highest BCUT2D eigenvalue weighted by molar-refractivity contribution is 14.1. The lowest BCUT2D eigenvalue weighted by Gasteiger charge is -2.34. The van der Waals surface area contributed by atoms with Crippen LogP contribution >= 0.6 is 22.9 Å². The van der Waals surface area contributed by atoms with E-state index in [1.165, 1.54) is 17.7 Å². The van der Waals surface area contributed by atoms with Crippen LogP contribution < -0.4 is 3.11 Å². The Bertz CT molecular complexity index is 1160. The SMILES string of the molecule is CC[C@@H](C(=O)N(I)c1ccc2cc(-c3n[nH]c4c3CCC(C)(C)C4)[nH]c2c1)N1CCOCC1. The molecule has 3 aromatic rings. The monoisotopic (exact) mass is 561 g/mol. The van der Waals surface area contributed by atoms with Gasteiger partial charge in [0.15, 0.2) is 0 Å². The summed E-state index contributed by atoms with van der Waals surface area (Å²) in [7, 11) is 0. The van der Waals surface area contributed by atoms with Gasteiger partial charge in [-0.05, 0) is 49.3 Å². The molecule has 2 aliphatic rings. The van der Waals surface area contributed by atoms with Crippen molar-refractivity contribution < 1.29 is 9.53 Å². The number of carbonyl (C=O) groups is 1. The quantitative estimate of drug-likeness (QED) is 0.345. The van der Waals surface area contributed by atoms with Crippen LogP contribution in [0.4, 0.5) is 5.69 Å². The first-order valence-corrected chi connectivity index (χ1v) is 12.8. The molecule has 33 heavy (non-hydrogen) atoms. The maximum atomic E-state index is 13.3. The number of ether oxygens (including phenoxy) is 1. The zero-order valence-electron chi connectivity index (χ0n) is 19.6. The van der Waals surface area contributed by atoms with Gasteiger partial charge in [0.25, 0.3) is 5.91 Å². The fourth-order valence-electron chi connectivity index (χ4n) is 5.17. The van der Waals surface area contributed by atoms with E-state index < -0.39 is 0 Å². The van der Waals surface area contributed by atoms with Gasteiger partial charge in [0.2, 0.25) is 0 Å². The number of nitrogens with zero attached hydrogens (tertiary/aromatic N) is 3. The zero-order valence-corrected chi connectivity index (χ0v) is 21.7. The first kappa shape index (κ1) is 22.9. The summed E-state index contributed by atoms with van der Waals surface area (Å²) in [4.78, 5) is 19.1. The second kappa shape index (κ2) is 9.03. The maximum Gasteiger partial charge on any atom is 0.253 e. The Kier molecular flexibility index (Phi) is 6.26. The molecule has 0 unspecified atom stereocenters. The Labute approximate surface area is 208 Å². The number of H-pyrrole nitrogens is 2. The summed E-state index contributed by atoms with van der Waals surface area (Å²) in [5.41, 5.74) is 6.88. The van der Waals surface area contributed by atoms with Gasteiger partial charge in [-0.1, -0.05) is 26.8 Å². The normalized spacial score (nSPS) is 19.4. The number of anilines is 1. The van der Waals surface area contributed by atoms with E-state index in [4.69, 9.17) is 4.74 Å². The molecule has 7 nitrogen and oxygen atoms in total. The highest BCUT2D eigenvalue weighted by Crippen LogP contribution is 2.38. The van der Waals surface area contributed by atoms with Crippen molar-refractivity contribution in [3.8, 4) is 11.4 Å². The second-order valence-corrected chi connectivity index (χ2v) is 11.0. The molecular weight excluding hydrogens is 529 g/mol. The molecule has 1 amide bonds. The lowest BCUT2D eigenvalue weighted by Crippen LogP contribution is -2.50. The summed E-state index contributed by atoms with van der Waals surface area (Å²) in [5.74, 6) is 0.120. The third-order valence-corrected chi connectivity index (χ3v) is 8.13. The van der Waals surface area contributed by atoms with E-state index in [0.717, 1.165) is 60.3 Å². The molecular formula is C25H32IN5O2. The van der Waals surface area contributed by atoms with E-state index in [2.05, 4.69) is 81.9 Å². The smallest absolute Gasteiger partial charge is 0.253 e. The number of morpholine rings is 1. The van der Waals surface area contributed by atoms with E-state index in [1.54, 1.807) is 3.11 Å². The molecule has 0 radical (unpaired) electrons. The Morgan fingerprint density at radius 1 is 1.30 bits per heavy atom. The molecule has 1 aliphatic heterocycles. The molecule has 0 saturated carbocycles. The first-order valence-electron chi connectivity index (χ1n) is 11.9. The van der Waals surface area contributed by atoms with Gasteiger partial charge in [-0.15, -0.1) is 0 Å². The van der Waals surface area contributed by atoms with Gasteiger partial charge in [-0.2, -0.15) is 5.10 Å². The fourth-order valence-corrected chi connectivity index (χ4v) is 5.79. The van der Waals surface area contributed by atoms with E-state index in [-0.39, 0.29) is 11.9 Å². The number of rotatable bonds is 5. The topological polar surface area (TPSA) is 77.2 Å². The van der Waals surface area contributed by atoms with Gasteiger partial charge >= 0.3 is 0 Å². The predicted molar refractivity (Wildman–Crippen MR) is 140 cm³/mol. The highest BCUT2D eigenvalue weighted by atomic mass is 127. The molecule has 1 fully saturated rings. The molecule has 1 aromatic carbocycles. The molecule has 3 heterocycles. The third kappa shape index (κ3) is 4.44. The van der Waals surface area contributed by atoms with Crippen molar-refractivity contribution in [2.45, 2.75) is 52.5 Å². The Hall–Kier alpha value is -1.91. The van der Waals surface area contributed by atoms with E-state index in [1.807, 2.05) is 6.07 Å². The van der Waals surface area contributed by atoms with Crippen molar-refractivity contribution in [1.29, 1.82) is 0 Å². The fraction of sp³-hybridized carbons (Fsp3) is 0.520. The molecule has 1 atom stereocenters. The number of aromatic amines is 2. The minimum Gasteiger partial charge on any atom is -0.379 e. The van der Waals surface area contributed by atoms with Gasteiger partial charge < -0.3 is 9.72 Å². The summed E-state index contributed by atoms with van der Waals surface area (Å²) < 4.78 is 7.23. The van der Waals surface area contributed by atoms with Crippen molar-refractivity contribution in [2.24, 2.45) is 5.41 Å². The number of hydrogen-bond acceptors (Lipinski definition) is 4. The first-order chi connectivity index (χ1) is 15.9. The standard InChI is InChI=1S/C25H32IN5O2/c1-4-22(30-9-11-33-12-10-30)24(32)31(26)17-6-5-16-13-20(27-19(16)14-17)23-18-7-8-25(2,3)15-21(18)28-29-23/h5-6,13-14,22,27H,4,7-12,15H2,1-3H3,(H,28,29)/t22-/m0/s1. The largest absolute Gasteiger partial charge is 0.379 e. The number of hydrogen-bond donors (Lipinski definition) is 2. The van der Waals surface area contributed by atoms with Crippen molar-refractivity contribution in [3.05, 3.63) is 35.5 Å². The number of amides is 1. The maximum absolute atomic E-state index is 13.3. The summed E-state index contributed by atoms with van der Waals surface area (Å²) >= 11 is 2.14. The minimum absolute atomic E-state index is 0.120. The van der Waals surface area contributed by atoms with Crippen LogP contribution in [0.1, 0.15) is 44.9 Å². The van der Waals surface area contributed by atoms with Gasteiger partial charge in [0.05, 0.1) is 53.5 Å². The lowest BCUT2D eigenvalue weighted by atomic mass is 9.76. The average molecular weight is 561 g/mol. The number of benzene rings is 1. The molecule has 0 bridgehead atoms. The van der Waals surface area contributed by atoms with E-state index >= 15 is 0 Å². The second-order valence-electron chi connectivity index (χ2n) is 10.0. The van der Waals surface area contributed by atoms with E-state index in [9.17, 15) is 4.79 Å². The van der Waals surface area contributed by atoms with Crippen LogP contribution in [0, 0.1) is 5.41 Å². The molecule has 2 N–H and O–H groups in total. The number of carbonyl (C=O) groups excluding carboxylic acids is 1. The van der Waals surface area contributed by atoms with Crippen LogP contribution in [-0.4, -0.2) is 58.3 Å². The zero-order chi connectivity index (χ0) is 23.2. The number of halogens is 1. The van der Waals surface area contributed by atoms with Crippen LogP contribution in [0.5, 0.6) is 0 Å². The van der Waals surface area contributed by atoms with Crippen LogP contribution in [0.3, 0.4) is 0 Å². The molecule has 176 valence electrons. The summed E-state index contributed by atoms with van der Waals surface area (Å²) in [6.07, 6.45) is 4.04. The van der Waals surface area contributed by atoms with Crippen LogP contribution in [-0.2, 0) is 22.4 Å². The van der Waals surface area contributed by atoms with Crippen LogP contribution in [0.15, 0.2) is 24.3 Å². The molecule has 5 rings (SSSR count). The molecule has 2 aromatic heterocycles. The van der Waals surface area contributed by atoms with E-state index in [0.29, 0.717) is 18.6 Å². The van der Waals surface area contributed by atoms with Gasteiger partial charge in [0.1, 0.15) is 5.69 Å². The molecule has 1 saturated heterocycles. The summed E-state index contributed by atoms with van der Waals surface area (Å²) in [5, 5.41) is 9.07. The Balaban J connectivity index is 1.40. The van der Waals surface area contributed by atoms with Crippen molar-refractivity contribution in [2.75, 3.05) is 29.4 Å². The van der Waals surface area contributed by atoms with Crippen molar-refractivity contribution in [1.82, 2.24) is 20.1 Å². The van der Waals surface area contributed by atoms with Gasteiger partial charge in [-0.3, -0.25) is 17.9 Å². The van der Waals surface area contributed by atoms with Gasteiger partial charge in [-0.25, -0.2) is 0 Å². The summed E-state index contributed by atoms with van der Waals surface area (Å²) in [6, 6.07) is 8.22. The molecule has 8 heteroatoms. The van der Waals surface area contributed by atoms with Gasteiger partial charge in [0, 0.05) is 35.2 Å². The summed E-state index contributed by atoms with van der Waals surface area (Å²) in [6.45, 7) is 9.71. The number of nitrogens with one attached hydrogen (secondary N) is 2. The molecule has 1 aliphatic carbocycles.